The molecule has 1 amide bonds. The molecule has 6 heteroatoms. The number of nitrogen functional groups attached to an aromatic ring is 1. The standard InChI is InChI=1S/C22H20N4OS/c1-15(21(27)24-19-13-7-11-16-8-5-6-12-18(16)19)28-22-25-20(14-26(22)23)17-9-3-2-4-10-17/h2-15H,23H2,1H3,(H,24,27)/t15-/m1/s1. The van der Waals surface area contributed by atoms with Crippen molar-refractivity contribution in [2.45, 2.75) is 17.3 Å². The number of nitrogens with zero attached hydrogens (tertiary/aromatic N) is 2. The fourth-order valence-corrected chi connectivity index (χ4v) is 3.80. The number of hydrogen-bond donors (Lipinski definition) is 2. The molecule has 0 spiro atoms. The lowest BCUT2D eigenvalue weighted by Gasteiger charge is -2.13. The average Bonchev–Trinajstić information content (AvgIpc) is 3.09. The van der Waals surface area contributed by atoms with Crippen molar-refractivity contribution < 1.29 is 4.79 Å². The van der Waals surface area contributed by atoms with Gasteiger partial charge in [0.05, 0.1) is 17.1 Å². The first kappa shape index (κ1) is 18.1. The van der Waals surface area contributed by atoms with Gasteiger partial charge in [0.2, 0.25) is 5.91 Å². The molecule has 1 atom stereocenters. The molecule has 1 heterocycles. The monoisotopic (exact) mass is 388 g/mol. The molecule has 0 fully saturated rings. The number of rotatable bonds is 5. The molecule has 3 aromatic carbocycles. The van der Waals surface area contributed by atoms with E-state index in [0.717, 1.165) is 27.7 Å². The Morgan fingerprint density at radius 1 is 1.04 bits per heavy atom. The van der Waals surface area contributed by atoms with Crippen LogP contribution in [0.2, 0.25) is 0 Å². The predicted octanol–water partition coefficient (Wildman–Crippen LogP) is 4.54. The van der Waals surface area contributed by atoms with Crippen LogP contribution in [0.3, 0.4) is 0 Å². The lowest BCUT2D eigenvalue weighted by Crippen LogP contribution is -2.23. The Balaban J connectivity index is 1.50. The molecule has 4 aromatic rings. The molecule has 140 valence electrons. The molecule has 0 saturated heterocycles. The van der Waals surface area contributed by atoms with Gasteiger partial charge in [-0.25, -0.2) is 9.66 Å². The number of benzene rings is 3. The Kier molecular flexibility index (Phi) is 5.04. The summed E-state index contributed by atoms with van der Waals surface area (Å²) in [5.41, 5.74) is 2.57. The zero-order valence-electron chi connectivity index (χ0n) is 15.4. The van der Waals surface area contributed by atoms with Gasteiger partial charge in [0.25, 0.3) is 0 Å². The van der Waals surface area contributed by atoms with Crippen molar-refractivity contribution in [3.63, 3.8) is 0 Å². The highest BCUT2D eigenvalue weighted by atomic mass is 32.2. The van der Waals surface area contributed by atoms with Gasteiger partial charge in [-0.05, 0) is 18.4 Å². The number of imidazole rings is 1. The van der Waals surface area contributed by atoms with Crippen LogP contribution < -0.4 is 11.2 Å². The molecule has 0 saturated carbocycles. The first-order chi connectivity index (χ1) is 13.6. The Morgan fingerprint density at radius 3 is 2.57 bits per heavy atom. The van der Waals surface area contributed by atoms with Crippen LogP contribution in [0.1, 0.15) is 6.92 Å². The van der Waals surface area contributed by atoms with Gasteiger partial charge >= 0.3 is 0 Å². The minimum absolute atomic E-state index is 0.0920. The second-order valence-corrected chi connectivity index (χ2v) is 7.77. The van der Waals surface area contributed by atoms with Crippen LogP contribution in [-0.4, -0.2) is 20.8 Å². The first-order valence-electron chi connectivity index (χ1n) is 8.97. The summed E-state index contributed by atoms with van der Waals surface area (Å²) >= 11 is 1.33. The lowest BCUT2D eigenvalue weighted by atomic mass is 10.1. The lowest BCUT2D eigenvalue weighted by molar-refractivity contribution is -0.115. The molecule has 0 aliphatic rings. The van der Waals surface area contributed by atoms with E-state index in [-0.39, 0.29) is 11.2 Å². The molecule has 0 aliphatic heterocycles. The quantitative estimate of drug-likeness (QED) is 0.389. The molecule has 0 bridgehead atoms. The van der Waals surface area contributed by atoms with Crippen LogP contribution in [0.25, 0.3) is 22.0 Å². The van der Waals surface area contributed by atoms with E-state index < -0.39 is 0 Å². The van der Waals surface area contributed by atoms with Gasteiger partial charge in [0, 0.05) is 16.6 Å². The number of carbonyl (C=O) groups excluding carboxylic acids is 1. The highest BCUT2D eigenvalue weighted by molar-refractivity contribution is 8.00. The van der Waals surface area contributed by atoms with E-state index in [1.807, 2.05) is 79.7 Å². The van der Waals surface area contributed by atoms with Crippen molar-refractivity contribution in [3.8, 4) is 11.3 Å². The number of anilines is 1. The van der Waals surface area contributed by atoms with E-state index in [4.69, 9.17) is 5.84 Å². The summed E-state index contributed by atoms with van der Waals surface area (Å²) in [4.78, 5) is 17.3. The molecule has 0 unspecified atom stereocenters. The van der Waals surface area contributed by atoms with Gasteiger partial charge in [-0.15, -0.1) is 0 Å². The summed E-state index contributed by atoms with van der Waals surface area (Å²) in [7, 11) is 0. The number of amides is 1. The van der Waals surface area contributed by atoms with Crippen LogP contribution in [-0.2, 0) is 4.79 Å². The van der Waals surface area contributed by atoms with Crippen LogP contribution in [0.5, 0.6) is 0 Å². The zero-order chi connectivity index (χ0) is 19.5. The smallest absolute Gasteiger partial charge is 0.237 e. The number of thioether (sulfide) groups is 1. The fraction of sp³-hybridized carbons (Fsp3) is 0.0909. The number of hydrogen-bond acceptors (Lipinski definition) is 4. The van der Waals surface area contributed by atoms with E-state index in [1.54, 1.807) is 6.20 Å². The molecule has 3 N–H and O–H groups in total. The van der Waals surface area contributed by atoms with E-state index in [1.165, 1.54) is 16.4 Å². The predicted molar refractivity (Wildman–Crippen MR) is 116 cm³/mol. The Morgan fingerprint density at radius 2 is 1.75 bits per heavy atom. The molecule has 1 aromatic heterocycles. The minimum atomic E-state index is -0.354. The topological polar surface area (TPSA) is 72.9 Å². The SMILES string of the molecule is C[C@@H](Sc1nc(-c2ccccc2)cn1N)C(=O)Nc1cccc2ccccc12. The van der Waals surface area contributed by atoms with Crippen molar-refractivity contribution >= 4 is 34.1 Å². The summed E-state index contributed by atoms with van der Waals surface area (Å²) in [6.07, 6.45) is 1.77. The number of aromatic nitrogens is 2. The van der Waals surface area contributed by atoms with Crippen LogP contribution in [0, 0.1) is 0 Å². The summed E-state index contributed by atoms with van der Waals surface area (Å²) in [5.74, 6) is 5.96. The summed E-state index contributed by atoms with van der Waals surface area (Å²) in [6, 6.07) is 23.7. The summed E-state index contributed by atoms with van der Waals surface area (Å²) < 4.78 is 1.47. The maximum atomic E-state index is 12.7. The number of nitrogens with one attached hydrogen (secondary N) is 1. The third-order valence-corrected chi connectivity index (χ3v) is 5.55. The molecule has 28 heavy (non-hydrogen) atoms. The Bertz CT molecular complexity index is 1120. The van der Waals surface area contributed by atoms with E-state index in [0.29, 0.717) is 5.16 Å². The van der Waals surface area contributed by atoms with Gasteiger partial charge in [0.15, 0.2) is 5.16 Å². The number of carbonyl (C=O) groups is 1. The largest absolute Gasteiger partial charge is 0.337 e. The van der Waals surface area contributed by atoms with Gasteiger partial charge in [0.1, 0.15) is 0 Å². The second kappa shape index (κ2) is 7.78. The van der Waals surface area contributed by atoms with Gasteiger partial charge in [-0.2, -0.15) is 0 Å². The van der Waals surface area contributed by atoms with Gasteiger partial charge < -0.3 is 11.2 Å². The minimum Gasteiger partial charge on any atom is -0.337 e. The van der Waals surface area contributed by atoms with Crippen LogP contribution in [0.15, 0.2) is 84.1 Å². The maximum absolute atomic E-state index is 12.7. The number of nitrogens with two attached hydrogens (primary N) is 1. The summed E-state index contributed by atoms with van der Waals surface area (Å²) in [5, 5.41) is 5.37. The molecular weight excluding hydrogens is 368 g/mol. The highest BCUT2D eigenvalue weighted by Gasteiger charge is 2.19. The highest BCUT2D eigenvalue weighted by Crippen LogP contribution is 2.28. The number of fused-ring (bicyclic) bond motifs is 1. The molecule has 4 rings (SSSR count). The first-order valence-corrected chi connectivity index (χ1v) is 9.85. The van der Waals surface area contributed by atoms with Gasteiger partial charge in [-0.3, -0.25) is 4.79 Å². The molecule has 0 radical (unpaired) electrons. The molecule has 5 nitrogen and oxygen atoms in total. The fourth-order valence-electron chi connectivity index (χ4n) is 2.99. The van der Waals surface area contributed by atoms with Crippen LogP contribution >= 0.6 is 11.8 Å². The van der Waals surface area contributed by atoms with E-state index in [9.17, 15) is 4.79 Å². The third-order valence-electron chi connectivity index (χ3n) is 4.47. The van der Waals surface area contributed by atoms with Crippen molar-refractivity contribution in [1.29, 1.82) is 0 Å². The second-order valence-electron chi connectivity index (χ2n) is 6.46. The van der Waals surface area contributed by atoms with Crippen molar-refractivity contribution in [2.24, 2.45) is 0 Å². The van der Waals surface area contributed by atoms with Crippen molar-refractivity contribution in [1.82, 2.24) is 9.66 Å². The maximum Gasteiger partial charge on any atom is 0.237 e. The average molecular weight is 388 g/mol. The normalized spacial score (nSPS) is 12.0. The zero-order valence-corrected chi connectivity index (χ0v) is 16.2. The molecular formula is C22H20N4OS. The van der Waals surface area contributed by atoms with E-state index in [2.05, 4.69) is 10.3 Å². The van der Waals surface area contributed by atoms with E-state index >= 15 is 0 Å². The van der Waals surface area contributed by atoms with Crippen molar-refractivity contribution in [3.05, 3.63) is 79.0 Å². The Labute approximate surface area is 167 Å². The third kappa shape index (κ3) is 3.73. The Hall–Kier alpha value is -3.25. The van der Waals surface area contributed by atoms with Gasteiger partial charge in [-0.1, -0.05) is 78.5 Å². The molecule has 0 aliphatic carbocycles. The van der Waals surface area contributed by atoms with Crippen LogP contribution in [0.4, 0.5) is 5.69 Å². The van der Waals surface area contributed by atoms with Crippen molar-refractivity contribution in [2.75, 3.05) is 11.2 Å². The summed E-state index contributed by atoms with van der Waals surface area (Å²) in [6.45, 7) is 1.85.